The molecule has 0 aromatic heterocycles. The van der Waals surface area contributed by atoms with Crippen molar-refractivity contribution in [1.82, 2.24) is 0 Å². The smallest absolute Gasteiger partial charge is 0.125 e. The number of aryl methyl sites for hydroxylation is 2. The topological polar surface area (TPSA) is 35.2 Å². The summed E-state index contributed by atoms with van der Waals surface area (Å²) in [5, 5.41) is 0. The first kappa shape index (κ1) is 15.4. The lowest BCUT2D eigenvalue weighted by Crippen LogP contribution is -2.11. The first-order valence-corrected chi connectivity index (χ1v) is 7.08. The highest BCUT2D eigenvalue weighted by molar-refractivity contribution is 7.80. The summed E-state index contributed by atoms with van der Waals surface area (Å²) < 4.78 is 19.4. The summed E-state index contributed by atoms with van der Waals surface area (Å²) in [5.41, 5.74) is 10.1. The number of nitrogens with two attached hydrogens (primary N) is 1. The first-order chi connectivity index (χ1) is 9.88. The van der Waals surface area contributed by atoms with Gasteiger partial charge in [-0.2, -0.15) is 0 Å². The standard InChI is InChI=1S/C17H18FNOS/c1-10-4-5-11(2)16(12(10)3)20-9-13-6-14(17(19)21)8-15(18)7-13/h4-8H,9H2,1-3H3,(H2,19,21). The van der Waals surface area contributed by atoms with Gasteiger partial charge in [-0.25, -0.2) is 4.39 Å². The molecule has 0 spiro atoms. The second kappa shape index (κ2) is 6.22. The lowest BCUT2D eigenvalue weighted by molar-refractivity contribution is 0.301. The van der Waals surface area contributed by atoms with Crippen molar-refractivity contribution >= 4 is 17.2 Å². The molecular formula is C17H18FNOS. The predicted molar refractivity (Wildman–Crippen MR) is 87.3 cm³/mol. The summed E-state index contributed by atoms with van der Waals surface area (Å²) in [6.45, 7) is 6.32. The Hall–Kier alpha value is -1.94. The van der Waals surface area contributed by atoms with Crippen LogP contribution in [0.3, 0.4) is 0 Å². The SMILES string of the molecule is Cc1ccc(C)c(OCc2cc(F)cc(C(N)=S)c2)c1C. The summed E-state index contributed by atoms with van der Waals surface area (Å²) in [4.78, 5) is 0.179. The van der Waals surface area contributed by atoms with Gasteiger partial charge in [-0.3, -0.25) is 0 Å². The molecule has 2 aromatic carbocycles. The van der Waals surface area contributed by atoms with Crippen LogP contribution in [-0.2, 0) is 6.61 Å². The minimum atomic E-state index is -0.364. The van der Waals surface area contributed by atoms with Gasteiger partial charge in [0.25, 0.3) is 0 Å². The lowest BCUT2D eigenvalue weighted by atomic mass is 10.1. The van der Waals surface area contributed by atoms with Crippen LogP contribution in [0.25, 0.3) is 0 Å². The van der Waals surface area contributed by atoms with Gasteiger partial charge in [0.15, 0.2) is 0 Å². The van der Waals surface area contributed by atoms with Gasteiger partial charge in [0.2, 0.25) is 0 Å². The second-order valence-electron chi connectivity index (χ2n) is 5.15. The molecule has 0 aliphatic carbocycles. The summed E-state index contributed by atoms with van der Waals surface area (Å²) >= 11 is 4.89. The van der Waals surface area contributed by atoms with E-state index in [1.807, 2.05) is 26.8 Å². The molecule has 0 aliphatic rings. The van der Waals surface area contributed by atoms with E-state index in [-0.39, 0.29) is 17.4 Å². The van der Waals surface area contributed by atoms with E-state index in [2.05, 4.69) is 6.07 Å². The van der Waals surface area contributed by atoms with Gasteiger partial charge in [0.05, 0.1) is 0 Å². The minimum Gasteiger partial charge on any atom is -0.488 e. The zero-order valence-corrected chi connectivity index (χ0v) is 13.2. The average molecular weight is 303 g/mol. The van der Waals surface area contributed by atoms with Gasteiger partial charge >= 0.3 is 0 Å². The van der Waals surface area contributed by atoms with Crippen LogP contribution >= 0.6 is 12.2 Å². The van der Waals surface area contributed by atoms with Crippen molar-refractivity contribution < 1.29 is 9.13 Å². The Labute approximate surface area is 129 Å². The third kappa shape index (κ3) is 3.58. The van der Waals surface area contributed by atoms with E-state index in [9.17, 15) is 4.39 Å². The number of thiocarbonyl (C=S) groups is 1. The summed E-state index contributed by atoms with van der Waals surface area (Å²) in [5.74, 6) is 0.479. The fourth-order valence-corrected chi connectivity index (χ4v) is 2.30. The Morgan fingerprint density at radius 1 is 1.14 bits per heavy atom. The highest BCUT2D eigenvalue weighted by Gasteiger charge is 2.08. The van der Waals surface area contributed by atoms with Crippen molar-refractivity contribution in [3.63, 3.8) is 0 Å². The molecule has 2 rings (SSSR count). The molecule has 110 valence electrons. The quantitative estimate of drug-likeness (QED) is 0.868. The van der Waals surface area contributed by atoms with Crippen molar-refractivity contribution in [2.45, 2.75) is 27.4 Å². The third-order valence-corrected chi connectivity index (χ3v) is 3.73. The van der Waals surface area contributed by atoms with E-state index < -0.39 is 0 Å². The molecule has 0 heterocycles. The number of halogens is 1. The van der Waals surface area contributed by atoms with Crippen molar-refractivity contribution in [2.24, 2.45) is 5.73 Å². The van der Waals surface area contributed by atoms with Crippen LogP contribution in [-0.4, -0.2) is 4.99 Å². The maximum absolute atomic E-state index is 13.6. The van der Waals surface area contributed by atoms with E-state index in [1.165, 1.54) is 17.7 Å². The van der Waals surface area contributed by atoms with Crippen LogP contribution < -0.4 is 10.5 Å². The molecule has 2 aromatic rings. The fraction of sp³-hybridized carbons (Fsp3) is 0.235. The Bertz CT molecular complexity index is 697. The predicted octanol–water partition coefficient (Wildman–Crippen LogP) is 3.96. The first-order valence-electron chi connectivity index (χ1n) is 6.67. The average Bonchev–Trinajstić information content (AvgIpc) is 2.42. The van der Waals surface area contributed by atoms with Crippen LogP contribution in [0.4, 0.5) is 4.39 Å². The Morgan fingerprint density at radius 3 is 2.48 bits per heavy atom. The largest absolute Gasteiger partial charge is 0.488 e. The van der Waals surface area contributed by atoms with Crippen molar-refractivity contribution in [2.75, 3.05) is 0 Å². The molecule has 0 bridgehead atoms. The molecule has 0 atom stereocenters. The molecule has 0 radical (unpaired) electrons. The Kier molecular flexibility index (Phi) is 4.58. The van der Waals surface area contributed by atoms with E-state index in [0.29, 0.717) is 11.1 Å². The summed E-state index contributed by atoms with van der Waals surface area (Å²) in [6.07, 6.45) is 0. The van der Waals surface area contributed by atoms with E-state index in [1.54, 1.807) is 6.07 Å². The minimum absolute atomic E-state index is 0.179. The summed E-state index contributed by atoms with van der Waals surface area (Å²) in [6, 6.07) is 8.59. The van der Waals surface area contributed by atoms with Gasteiger partial charge < -0.3 is 10.5 Å². The monoisotopic (exact) mass is 303 g/mol. The number of hydrogen-bond acceptors (Lipinski definition) is 2. The van der Waals surface area contributed by atoms with Crippen molar-refractivity contribution in [1.29, 1.82) is 0 Å². The number of hydrogen-bond donors (Lipinski definition) is 1. The molecule has 4 heteroatoms. The molecule has 0 amide bonds. The molecule has 0 aliphatic heterocycles. The fourth-order valence-electron chi connectivity index (χ4n) is 2.18. The number of ether oxygens (including phenoxy) is 1. The van der Waals surface area contributed by atoms with Gasteiger partial charge in [-0.15, -0.1) is 0 Å². The van der Waals surface area contributed by atoms with Crippen LogP contribution in [0.15, 0.2) is 30.3 Å². The van der Waals surface area contributed by atoms with Gasteiger partial charge in [0, 0.05) is 5.56 Å². The lowest BCUT2D eigenvalue weighted by Gasteiger charge is -2.14. The van der Waals surface area contributed by atoms with Crippen molar-refractivity contribution in [3.05, 3.63) is 64.0 Å². The zero-order valence-electron chi connectivity index (χ0n) is 12.4. The molecule has 2 nitrogen and oxygen atoms in total. The molecule has 21 heavy (non-hydrogen) atoms. The zero-order chi connectivity index (χ0) is 15.6. The number of rotatable bonds is 4. The van der Waals surface area contributed by atoms with Gasteiger partial charge in [-0.1, -0.05) is 24.4 Å². The Balaban J connectivity index is 2.25. The highest BCUT2D eigenvalue weighted by Crippen LogP contribution is 2.26. The molecule has 0 unspecified atom stereocenters. The summed E-state index contributed by atoms with van der Waals surface area (Å²) in [7, 11) is 0. The van der Waals surface area contributed by atoms with Crippen LogP contribution in [0, 0.1) is 26.6 Å². The Morgan fingerprint density at radius 2 is 1.81 bits per heavy atom. The maximum atomic E-state index is 13.6. The molecule has 2 N–H and O–H groups in total. The van der Waals surface area contributed by atoms with E-state index in [0.717, 1.165) is 16.9 Å². The van der Waals surface area contributed by atoms with E-state index >= 15 is 0 Å². The maximum Gasteiger partial charge on any atom is 0.125 e. The van der Waals surface area contributed by atoms with Crippen molar-refractivity contribution in [3.8, 4) is 5.75 Å². The molecule has 0 saturated heterocycles. The van der Waals surface area contributed by atoms with Gasteiger partial charge in [-0.05, 0) is 61.2 Å². The molecule has 0 saturated carbocycles. The van der Waals surface area contributed by atoms with Crippen LogP contribution in [0.5, 0.6) is 5.75 Å². The van der Waals surface area contributed by atoms with E-state index in [4.69, 9.17) is 22.7 Å². The number of benzene rings is 2. The van der Waals surface area contributed by atoms with Gasteiger partial charge in [0.1, 0.15) is 23.2 Å². The van der Waals surface area contributed by atoms with Crippen LogP contribution in [0.2, 0.25) is 0 Å². The normalized spacial score (nSPS) is 10.5. The second-order valence-corrected chi connectivity index (χ2v) is 5.59. The highest BCUT2D eigenvalue weighted by atomic mass is 32.1. The molecule has 0 fully saturated rings. The van der Waals surface area contributed by atoms with Crippen LogP contribution in [0.1, 0.15) is 27.8 Å². The molecular weight excluding hydrogens is 285 g/mol. The third-order valence-electron chi connectivity index (χ3n) is 3.50.